The molecule has 16 heavy (non-hydrogen) atoms. The lowest BCUT2D eigenvalue weighted by Crippen LogP contribution is -1.96. The summed E-state index contributed by atoms with van der Waals surface area (Å²) < 4.78 is 1.89. The number of rotatable bonds is 1. The lowest BCUT2D eigenvalue weighted by molar-refractivity contribution is 0.869. The van der Waals surface area contributed by atoms with Crippen LogP contribution in [0.5, 0.6) is 0 Å². The minimum absolute atomic E-state index is 0.994. The Morgan fingerprint density at radius 1 is 1.06 bits per heavy atom. The molecule has 0 atom stereocenters. The summed E-state index contributed by atoms with van der Waals surface area (Å²) in [4.78, 5) is 4.33. The van der Waals surface area contributed by atoms with Crippen molar-refractivity contribution in [1.82, 2.24) is 14.8 Å². The molecule has 0 spiro atoms. The molecule has 0 unspecified atom stereocenters. The second-order valence-electron chi connectivity index (χ2n) is 3.75. The average molecular weight is 209 g/mol. The smallest absolute Gasteiger partial charge is 0.0739 e. The Morgan fingerprint density at radius 3 is 2.81 bits per heavy atom. The Hall–Kier alpha value is -2.16. The van der Waals surface area contributed by atoms with Crippen LogP contribution in [-0.2, 0) is 0 Å². The molecule has 0 fully saturated rings. The van der Waals surface area contributed by atoms with Crippen molar-refractivity contribution >= 4 is 10.9 Å². The topological polar surface area (TPSA) is 30.7 Å². The van der Waals surface area contributed by atoms with Gasteiger partial charge in [0.15, 0.2) is 0 Å². The SMILES string of the molecule is Cc1ccn(-c2cccc3ncccc23)n1. The van der Waals surface area contributed by atoms with Crippen molar-refractivity contribution in [2.45, 2.75) is 6.92 Å². The first-order valence-corrected chi connectivity index (χ1v) is 5.21. The van der Waals surface area contributed by atoms with Crippen molar-refractivity contribution < 1.29 is 0 Å². The average Bonchev–Trinajstić information content (AvgIpc) is 2.75. The number of pyridine rings is 1. The quantitative estimate of drug-likeness (QED) is 0.617. The van der Waals surface area contributed by atoms with Crippen LogP contribution in [0.4, 0.5) is 0 Å². The maximum absolute atomic E-state index is 4.42. The summed E-state index contributed by atoms with van der Waals surface area (Å²) in [5.74, 6) is 0. The van der Waals surface area contributed by atoms with Gasteiger partial charge in [0.05, 0.1) is 16.9 Å². The highest BCUT2D eigenvalue weighted by Gasteiger charge is 2.03. The fourth-order valence-corrected chi connectivity index (χ4v) is 1.84. The fourth-order valence-electron chi connectivity index (χ4n) is 1.84. The van der Waals surface area contributed by atoms with Crippen LogP contribution in [0.1, 0.15) is 5.69 Å². The molecule has 0 aliphatic rings. The van der Waals surface area contributed by atoms with E-state index in [1.807, 2.05) is 42.1 Å². The lowest BCUT2D eigenvalue weighted by atomic mass is 10.2. The van der Waals surface area contributed by atoms with Crippen LogP contribution in [0.15, 0.2) is 48.8 Å². The zero-order valence-electron chi connectivity index (χ0n) is 8.96. The largest absolute Gasteiger partial charge is 0.256 e. The molecule has 2 heterocycles. The zero-order chi connectivity index (χ0) is 11.0. The summed E-state index contributed by atoms with van der Waals surface area (Å²) in [6.07, 6.45) is 3.78. The van der Waals surface area contributed by atoms with Crippen LogP contribution in [0, 0.1) is 6.92 Å². The van der Waals surface area contributed by atoms with Crippen molar-refractivity contribution in [2.75, 3.05) is 0 Å². The van der Waals surface area contributed by atoms with Gasteiger partial charge in [-0.15, -0.1) is 0 Å². The molecule has 0 saturated heterocycles. The molecule has 0 saturated carbocycles. The molecule has 3 aromatic rings. The molecular formula is C13H11N3. The molecule has 0 aliphatic heterocycles. The van der Waals surface area contributed by atoms with E-state index in [0.717, 1.165) is 22.3 Å². The molecule has 78 valence electrons. The van der Waals surface area contributed by atoms with Crippen LogP contribution < -0.4 is 0 Å². The molecule has 1 aromatic carbocycles. The maximum atomic E-state index is 4.42. The first-order chi connectivity index (χ1) is 7.84. The number of nitrogens with zero attached hydrogens (tertiary/aromatic N) is 3. The van der Waals surface area contributed by atoms with Gasteiger partial charge in [-0.2, -0.15) is 5.10 Å². The molecule has 0 aliphatic carbocycles. The minimum atomic E-state index is 0.994. The second-order valence-corrected chi connectivity index (χ2v) is 3.75. The monoisotopic (exact) mass is 209 g/mol. The first kappa shape index (κ1) is 9.09. The van der Waals surface area contributed by atoms with Crippen molar-refractivity contribution in [3.63, 3.8) is 0 Å². The van der Waals surface area contributed by atoms with Crippen molar-refractivity contribution in [3.05, 3.63) is 54.5 Å². The zero-order valence-corrected chi connectivity index (χ0v) is 8.96. The van der Waals surface area contributed by atoms with E-state index >= 15 is 0 Å². The number of fused-ring (bicyclic) bond motifs is 1. The van der Waals surface area contributed by atoms with Gasteiger partial charge in [0.25, 0.3) is 0 Å². The van der Waals surface area contributed by atoms with Gasteiger partial charge < -0.3 is 0 Å². The summed E-state index contributed by atoms with van der Waals surface area (Å²) in [5, 5.41) is 5.54. The minimum Gasteiger partial charge on any atom is -0.256 e. The van der Waals surface area contributed by atoms with Gasteiger partial charge in [-0.25, -0.2) is 4.68 Å². The third-order valence-electron chi connectivity index (χ3n) is 2.59. The van der Waals surface area contributed by atoms with Crippen LogP contribution in [-0.4, -0.2) is 14.8 Å². The summed E-state index contributed by atoms with van der Waals surface area (Å²) in [5.41, 5.74) is 3.08. The number of aryl methyl sites for hydroxylation is 1. The van der Waals surface area contributed by atoms with E-state index in [9.17, 15) is 0 Å². The summed E-state index contributed by atoms with van der Waals surface area (Å²) in [6.45, 7) is 1.99. The van der Waals surface area contributed by atoms with E-state index in [-0.39, 0.29) is 0 Å². The molecule has 0 radical (unpaired) electrons. The Kier molecular flexibility index (Phi) is 1.96. The van der Waals surface area contributed by atoms with E-state index in [1.54, 1.807) is 6.20 Å². The Morgan fingerprint density at radius 2 is 2.00 bits per heavy atom. The number of hydrogen-bond donors (Lipinski definition) is 0. The van der Waals surface area contributed by atoms with Gasteiger partial charge >= 0.3 is 0 Å². The maximum Gasteiger partial charge on any atom is 0.0739 e. The third-order valence-corrected chi connectivity index (χ3v) is 2.59. The summed E-state index contributed by atoms with van der Waals surface area (Å²) in [7, 11) is 0. The van der Waals surface area contributed by atoms with Crippen molar-refractivity contribution in [1.29, 1.82) is 0 Å². The lowest BCUT2D eigenvalue weighted by Gasteiger charge is -2.05. The highest BCUT2D eigenvalue weighted by Crippen LogP contribution is 2.19. The van der Waals surface area contributed by atoms with Gasteiger partial charge in [0.1, 0.15) is 0 Å². The summed E-state index contributed by atoms with van der Waals surface area (Å²) in [6, 6.07) is 12.1. The molecular weight excluding hydrogens is 198 g/mol. The molecule has 3 nitrogen and oxygen atoms in total. The van der Waals surface area contributed by atoms with Crippen molar-refractivity contribution in [3.8, 4) is 5.69 Å². The normalized spacial score (nSPS) is 10.8. The molecule has 3 heteroatoms. The molecule has 0 N–H and O–H groups in total. The van der Waals surface area contributed by atoms with Crippen LogP contribution in [0.25, 0.3) is 16.6 Å². The molecule has 0 amide bonds. The fraction of sp³-hybridized carbons (Fsp3) is 0.0769. The molecule has 0 bridgehead atoms. The van der Waals surface area contributed by atoms with Crippen LogP contribution in [0.3, 0.4) is 0 Å². The Labute approximate surface area is 93.4 Å². The Balaban J connectivity index is 2.31. The first-order valence-electron chi connectivity index (χ1n) is 5.21. The summed E-state index contributed by atoms with van der Waals surface area (Å²) >= 11 is 0. The van der Waals surface area contributed by atoms with E-state index in [0.29, 0.717) is 0 Å². The van der Waals surface area contributed by atoms with Gasteiger partial charge in [-0.3, -0.25) is 4.98 Å². The van der Waals surface area contributed by atoms with Gasteiger partial charge in [0, 0.05) is 17.8 Å². The Bertz CT molecular complexity index is 635. The van der Waals surface area contributed by atoms with E-state index < -0.39 is 0 Å². The van der Waals surface area contributed by atoms with Crippen LogP contribution in [0.2, 0.25) is 0 Å². The predicted molar refractivity (Wildman–Crippen MR) is 63.6 cm³/mol. The number of aromatic nitrogens is 3. The number of hydrogen-bond acceptors (Lipinski definition) is 2. The standard InChI is InChI=1S/C13H11N3/c1-10-7-9-16(15-10)13-6-2-5-12-11(13)4-3-8-14-12/h2-9H,1H3. The second kappa shape index (κ2) is 3.45. The number of benzene rings is 1. The van der Waals surface area contributed by atoms with E-state index in [2.05, 4.69) is 22.2 Å². The van der Waals surface area contributed by atoms with Crippen molar-refractivity contribution in [2.24, 2.45) is 0 Å². The van der Waals surface area contributed by atoms with Gasteiger partial charge in [-0.1, -0.05) is 6.07 Å². The molecule has 3 rings (SSSR count). The van der Waals surface area contributed by atoms with Gasteiger partial charge in [-0.05, 0) is 37.3 Å². The highest BCUT2D eigenvalue weighted by molar-refractivity contribution is 5.86. The van der Waals surface area contributed by atoms with Gasteiger partial charge in [0.2, 0.25) is 0 Å². The van der Waals surface area contributed by atoms with Crippen LogP contribution >= 0.6 is 0 Å². The molecule has 2 aromatic heterocycles. The van der Waals surface area contributed by atoms with E-state index in [4.69, 9.17) is 0 Å². The predicted octanol–water partition coefficient (Wildman–Crippen LogP) is 2.73. The van der Waals surface area contributed by atoms with E-state index in [1.165, 1.54) is 0 Å². The highest BCUT2D eigenvalue weighted by atomic mass is 15.3. The third kappa shape index (κ3) is 1.37.